The monoisotopic (exact) mass is 345 g/mol. The van der Waals surface area contributed by atoms with Crippen molar-refractivity contribution in [2.45, 2.75) is 51.2 Å². The summed E-state index contributed by atoms with van der Waals surface area (Å²) in [7, 11) is 0. The summed E-state index contributed by atoms with van der Waals surface area (Å²) in [6.07, 6.45) is 2.38. The van der Waals surface area contributed by atoms with Crippen molar-refractivity contribution in [3.8, 4) is 0 Å². The molecule has 0 aliphatic carbocycles. The van der Waals surface area contributed by atoms with Gasteiger partial charge in [-0.25, -0.2) is 9.37 Å². The van der Waals surface area contributed by atoms with Gasteiger partial charge in [-0.3, -0.25) is 15.6 Å². The number of nitrogens with zero attached hydrogens (tertiary/aromatic N) is 2. The number of halogens is 1. The number of hydrogen-bond donors (Lipinski definition) is 3. The van der Waals surface area contributed by atoms with Crippen molar-refractivity contribution in [1.29, 1.82) is 0 Å². The molecule has 0 radical (unpaired) electrons. The van der Waals surface area contributed by atoms with E-state index < -0.39 is 0 Å². The first-order valence-corrected chi connectivity index (χ1v) is 8.98. The lowest BCUT2D eigenvalue weighted by Gasteiger charge is -2.26. The van der Waals surface area contributed by atoms with E-state index in [9.17, 15) is 9.18 Å². The van der Waals surface area contributed by atoms with Crippen LogP contribution in [-0.4, -0.2) is 39.4 Å². The van der Waals surface area contributed by atoms with Gasteiger partial charge in [0.2, 0.25) is 5.91 Å². The lowest BCUT2D eigenvalue weighted by molar-refractivity contribution is -0.133. The molecule has 134 valence electrons. The summed E-state index contributed by atoms with van der Waals surface area (Å²) < 4.78 is 13.4. The lowest BCUT2D eigenvalue weighted by Crippen LogP contribution is -2.36. The van der Waals surface area contributed by atoms with Gasteiger partial charge in [0.25, 0.3) is 0 Å². The van der Waals surface area contributed by atoms with Gasteiger partial charge < -0.3 is 9.88 Å². The summed E-state index contributed by atoms with van der Waals surface area (Å²) in [5.41, 5.74) is 7.83. The Labute approximate surface area is 146 Å². The first kappa shape index (κ1) is 16.5. The van der Waals surface area contributed by atoms with Crippen molar-refractivity contribution in [1.82, 2.24) is 25.7 Å². The summed E-state index contributed by atoms with van der Waals surface area (Å²) in [4.78, 5) is 22.6. The van der Waals surface area contributed by atoms with E-state index in [2.05, 4.69) is 34.7 Å². The van der Waals surface area contributed by atoms with E-state index in [0.717, 1.165) is 30.7 Å². The number of fused-ring (bicyclic) bond motifs is 1. The molecule has 1 aromatic heterocycles. The summed E-state index contributed by atoms with van der Waals surface area (Å²) >= 11 is 0. The van der Waals surface area contributed by atoms with E-state index in [1.165, 1.54) is 12.1 Å². The number of rotatable bonds is 3. The molecule has 1 amide bonds. The van der Waals surface area contributed by atoms with Crippen LogP contribution < -0.4 is 10.9 Å². The SMILES string of the molecule is CC1NNC(C)C1CC(=O)N1CCCC1c1nc2ccc(F)cc2[nH]1. The number of hydrazine groups is 1. The Morgan fingerprint density at radius 2 is 2.08 bits per heavy atom. The maximum Gasteiger partial charge on any atom is 0.223 e. The molecule has 2 saturated heterocycles. The summed E-state index contributed by atoms with van der Waals surface area (Å²) in [6.45, 7) is 4.96. The number of aromatic nitrogens is 2. The van der Waals surface area contributed by atoms with Crippen LogP contribution in [0.15, 0.2) is 18.2 Å². The number of amides is 1. The van der Waals surface area contributed by atoms with Crippen LogP contribution in [0.4, 0.5) is 4.39 Å². The fourth-order valence-electron chi connectivity index (χ4n) is 4.09. The Hall–Kier alpha value is -1.99. The second kappa shape index (κ2) is 6.38. The predicted molar refractivity (Wildman–Crippen MR) is 93.0 cm³/mol. The molecule has 2 aliphatic heterocycles. The number of carbonyl (C=O) groups is 1. The molecule has 7 heteroatoms. The second-order valence-corrected chi connectivity index (χ2v) is 7.26. The van der Waals surface area contributed by atoms with Crippen molar-refractivity contribution in [3.63, 3.8) is 0 Å². The maximum absolute atomic E-state index is 13.4. The first-order chi connectivity index (χ1) is 12.0. The molecule has 0 saturated carbocycles. The first-order valence-electron chi connectivity index (χ1n) is 8.98. The molecule has 3 heterocycles. The molecule has 1 aromatic carbocycles. The van der Waals surface area contributed by atoms with Crippen molar-refractivity contribution in [2.75, 3.05) is 6.54 Å². The van der Waals surface area contributed by atoms with E-state index in [1.807, 2.05) is 4.90 Å². The second-order valence-electron chi connectivity index (χ2n) is 7.26. The van der Waals surface area contributed by atoms with E-state index >= 15 is 0 Å². The minimum Gasteiger partial charge on any atom is -0.340 e. The van der Waals surface area contributed by atoms with Gasteiger partial charge in [0.1, 0.15) is 11.6 Å². The number of carbonyl (C=O) groups excluding carboxylic acids is 1. The highest BCUT2D eigenvalue weighted by molar-refractivity contribution is 5.78. The Bertz CT molecular complexity index is 781. The summed E-state index contributed by atoms with van der Waals surface area (Å²) in [5.74, 6) is 0.920. The topological polar surface area (TPSA) is 73.0 Å². The number of likely N-dealkylation sites (tertiary alicyclic amines) is 1. The highest BCUT2D eigenvalue weighted by Gasteiger charge is 2.37. The van der Waals surface area contributed by atoms with Gasteiger partial charge in [0.15, 0.2) is 0 Å². The molecule has 3 N–H and O–H groups in total. The van der Waals surface area contributed by atoms with E-state index in [-0.39, 0.29) is 35.8 Å². The molecular weight excluding hydrogens is 321 g/mol. The smallest absolute Gasteiger partial charge is 0.223 e. The number of H-pyrrole nitrogens is 1. The molecule has 6 nitrogen and oxygen atoms in total. The number of benzene rings is 1. The normalized spacial score (nSPS) is 29.6. The molecule has 3 unspecified atom stereocenters. The van der Waals surface area contributed by atoms with Crippen LogP contribution in [0.25, 0.3) is 11.0 Å². The molecule has 0 bridgehead atoms. The van der Waals surface area contributed by atoms with E-state index in [4.69, 9.17) is 0 Å². The molecule has 3 atom stereocenters. The van der Waals surface area contributed by atoms with E-state index in [0.29, 0.717) is 11.9 Å². The Kier molecular flexibility index (Phi) is 4.21. The highest BCUT2D eigenvalue weighted by Crippen LogP contribution is 2.33. The fourth-order valence-corrected chi connectivity index (χ4v) is 4.09. The third kappa shape index (κ3) is 3.02. The Morgan fingerprint density at radius 1 is 1.32 bits per heavy atom. The lowest BCUT2D eigenvalue weighted by atomic mass is 9.92. The van der Waals surface area contributed by atoms with Gasteiger partial charge >= 0.3 is 0 Å². The van der Waals surface area contributed by atoms with Gasteiger partial charge in [0.05, 0.1) is 17.1 Å². The maximum atomic E-state index is 13.4. The molecule has 25 heavy (non-hydrogen) atoms. The third-order valence-electron chi connectivity index (χ3n) is 5.58. The Morgan fingerprint density at radius 3 is 2.84 bits per heavy atom. The van der Waals surface area contributed by atoms with Crippen molar-refractivity contribution in [2.24, 2.45) is 5.92 Å². The quantitative estimate of drug-likeness (QED) is 0.798. The van der Waals surface area contributed by atoms with Gasteiger partial charge in [-0.2, -0.15) is 0 Å². The average Bonchev–Trinajstić information content (AvgIpc) is 3.28. The fraction of sp³-hybridized carbons (Fsp3) is 0.556. The van der Waals surface area contributed by atoms with Crippen molar-refractivity contribution in [3.05, 3.63) is 29.8 Å². The average molecular weight is 345 g/mol. The zero-order valence-electron chi connectivity index (χ0n) is 14.6. The largest absolute Gasteiger partial charge is 0.340 e. The molecule has 0 spiro atoms. The number of imidazole rings is 1. The molecule has 4 rings (SSSR count). The highest BCUT2D eigenvalue weighted by atomic mass is 19.1. The van der Waals surface area contributed by atoms with Crippen LogP contribution in [-0.2, 0) is 4.79 Å². The van der Waals surface area contributed by atoms with Gasteiger partial charge in [-0.05, 0) is 44.9 Å². The van der Waals surface area contributed by atoms with Gasteiger partial charge in [0, 0.05) is 31.0 Å². The van der Waals surface area contributed by atoms with Crippen LogP contribution in [0.3, 0.4) is 0 Å². The van der Waals surface area contributed by atoms with Gasteiger partial charge in [-0.1, -0.05) is 0 Å². The van der Waals surface area contributed by atoms with E-state index in [1.54, 1.807) is 6.07 Å². The standard InChI is InChI=1S/C18H24FN5O/c1-10-13(11(2)23-22-10)9-17(25)24-7-3-4-16(24)18-20-14-6-5-12(19)8-15(14)21-18/h5-6,8,10-11,13,16,22-23H,3-4,7,9H2,1-2H3,(H,20,21). The predicted octanol–water partition coefficient (Wildman–Crippen LogP) is 2.26. The van der Waals surface area contributed by atoms with Crippen molar-refractivity contribution >= 4 is 16.9 Å². The number of nitrogens with one attached hydrogen (secondary N) is 3. The Balaban J connectivity index is 1.54. The van der Waals surface area contributed by atoms with Crippen LogP contribution in [0, 0.1) is 11.7 Å². The van der Waals surface area contributed by atoms with Crippen LogP contribution in [0.2, 0.25) is 0 Å². The summed E-state index contributed by atoms with van der Waals surface area (Å²) in [5, 5.41) is 0. The van der Waals surface area contributed by atoms with Crippen LogP contribution in [0.1, 0.15) is 45.0 Å². The minimum absolute atomic E-state index is 0.0455. The third-order valence-corrected chi connectivity index (χ3v) is 5.58. The molecular formula is C18H24FN5O. The van der Waals surface area contributed by atoms with Crippen molar-refractivity contribution < 1.29 is 9.18 Å². The molecule has 2 fully saturated rings. The summed E-state index contributed by atoms with van der Waals surface area (Å²) in [6, 6.07) is 5.03. The van der Waals surface area contributed by atoms with Crippen LogP contribution in [0.5, 0.6) is 0 Å². The number of aromatic amines is 1. The molecule has 2 aromatic rings. The molecule has 2 aliphatic rings. The van der Waals surface area contributed by atoms with Crippen LogP contribution >= 0.6 is 0 Å². The zero-order chi connectivity index (χ0) is 17.6. The van der Waals surface area contributed by atoms with Gasteiger partial charge in [-0.15, -0.1) is 0 Å². The minimum atomic E-state index is -0.286. The number of hydrogen-bond acceptors (Lipinski definition) is 4. The zero-order valence-corrected chi connectivity index (χ0v) is 14.6.